The fourth-order valence-electron chi connectivity index (χ4n) is 3.55. The summed E-state index contributed by atoms with van der Waals surface area (Å²) in [4.78, 5) is 34.4. The number of amides is 1. The number of aromatic nitrogens is 5. The van der Waals surface area contributed by atoms with Gasteiger partial charge in [-0.3, -0.25) is 19.2 Å². The Labute approximate surface area is 188 Å². The zero-order valence-corrected chi connectivity index (χ0v) is 18.5. The lowest BCUT2D eigenvalue weighted by molar-refractivity contribution is -0.148. The monoisotopic (exact) mass is 459 g/mol. The van der Waals surface area contributed by atoms with Gasteiger partial charge in [-0.2, -0.15) is 0 Å². The molecule has 13 heteroatoms. The molecule has 0 radical (unpaired) electrons. The van der Waals surface area contributed by atoms with Crippen molar-refractivity contribution in [2.24, 2.45) is 0 Å². The molecule has 3 aromatic heterocycles. The molecule has 1 amide bonds. The van der Waals surface area contributed by atoms with Gasteiger partial charge in [0.05, 0.1) is 25.7 Å². The summed E-state index contributed by atoms with van der Waals surface area (Å²) in [6, 6.07) is 1.77. The molecule has 4 atom stereocenters. The van der Waals surface area contributed by atoms with Crippen molar-refractivity contribution in [2.75, 3.05) is 19.5 Å². The van der Waals surface area contributed by atoms with Gasteiger partial charge in [-0.05, 0) is 19.9 Å². The van der Waals surface area contributed by atoms with Crippen molar-refractivity contribution < 1.29 is 29.3 Å². The number of aliphatic hydroxyl groups excluding tert-OH is 2. The Balaban J connectivity index is 1.75. The topological polar surface area (TPSA) is 166 Å². The number of aliphatic hydroxyl groups is 2. The SMILES string of the molecule is CNc1nc(-c2cncc(OC(C)C)c2)nc2c1ncn2C1O[C@@H](C(=O)NOC)C(O)C1O. The quantitative estimate of drug-likeness (QED) is 0.352. The number of nitrogens with zero attached hydrogens (tertiary/aromatic N) is 5. The standard InChI is InChI=1S/C20H25N7O6/c1-9(2)32-11-5-10(6-22-7-11)16-24-17(21-3)12-18(25-16)27(8-23-12)20-14(29)13(28)15(33-20)19(30)26-31-4/h5-9,13-15,20,28-29H,1-4H3,(H,26,30)(H,21,24,25)/t13?,14?,15-,20?/m1/s1. The highest BCUT2D eigenvalue weighted by atomic mass is 16.6. The molecule has 4 heterocycles. The van der Waals surface area contributed by atoms with E-state index in [1.165, 1.54) is 18.0 Å². The van der Waals surface area contributed by atoms with Crippen molar-refractivity contribution in [3.63, 3.8) is 0 Å². The Morgan fingerprint density at radius 2 is 2.03 bits per heavy atom. The number of imidazole rings is 1. The highest BCUT2D eigenvalue weighted by molar-refractivity contribution is 5.85. The number of carbonyl (C=O) groups excluding carboxylic acids is 1. The van der Waals surface area contributed by atoms with Crippen molar-refractivity contribution in [2.45, 2.75) is 44.5 Å². The predicted octanol–water partition coefficient (Wildman–Crippen LogP) is 0.0140. The highest BCUT2D eigenvalue weighted by Crippen LogP contribution is 2.33. The molecule has 1 saturated heterocycles. The molecule has 33 heavy (non-hydrogen) atoms. The molecule has 3 unspecified atom stereocenters. The number of rotatable bonds is 7. The molecule has 1 aliphatic heterocycles. The summed E-state index contributed by atoms with van der Waals surface area (Å²) in [5.41, 5.74) is 3.43. The van der Waals surface area contributed by atoms with Crippen LogP contribution in [0.25, 0.3) is 22.6 Å². The first-order valence-electron chi connectivity index (χ1n) is 10.2. The normalized spacial score (nSPS) is 22.6. The lowest BCUT2D eigenvalue weighted by Gasteiger charge is -2.17. The van der Waals surface area contributed by atoms with E-state index in [1.54, 1.807) is 25.5 Å². The van der Waals surface area contributed by atoms with E-state index in [0.717, 1.165) is 0 Å². The molecule has 13 nitrogen and oxygen atoms in total. The Bertz CT molecular complexity index is 1150. The van der Waals surface area contributed by atoms with Crippen LogP contribution in [0.15, 0.2) is 24.8 Å². The van der Waals surface area contributed by atoms with Crippen LogP contribution in [0, 0.1) is 0 Å². The van der Waals surface area contributed by atoms with Gasteiger partial charge in [0.25, 0.3) is 5.91 Å². The average Bonchev–Trinajstić information content (AvgIpc) is 3.34. The minimum Gasteiger partial charge on any atom is -0.489 e. The van der Waals surface area contributed by atoms with Gasteiger partial charge in [0.2, 0.25) is 0 Å². The number of nitrogens with one attached hydrogen (secondary N) is 2. The summed E-state index contributed by atoms with van der Waals surface area (Å²) in [5.74, 6) is 0.605. The van der Waals surface area contributed by atoms with Crippen molar-refractivity contribution in [1.82, 2.24) is 30.0 Å². The molecule has 4 N–H and O–H groups in total. The van der Waals surface area contributed by atoms with Crippen LogP contribution in [-0.2, 0) is 14.4 Å². The first-order chi connectivity index (χ1) is 15.8. The van der Waals surface area contributed by atoms with Crippen LogP contribution in [0.4, 0.5) is 5.82 Å². The second-order valence-electron chi connectivity index (χ2n) is 7.64. The third-order valence-corrected chi connectivity index (χ3v) is 4.97. The van der Waals surface area contributed by atoms with Gasteiger partial charge >= 0.3 is 0 Å². The lowest BCUT2D eigenvalue weighted by atomic mass is 10.1. The number of ether oxygens (including phenoxy) is 2. The van der Waals surface area contributed by atoms with Crippen molar-refractivity contribution in [3.8, 4) is 17.1 Å². The van der Waals surface area contributed by atoms with Gasteiger partial charge in [-0.1, -0.05) is 0 Å². The van der Waals surface area contributed by atoms with Crippen LogP contribution in [0.1, 0.15) is 20.1 Å². The molecule has 0 aliphatic carbocycles. The largest absolute Gasteiger partial charge is 0.489 e. The Kier molecular flexibility index (Phi) is 6.37. The van der Waals surface area contributed by atoms with Crippen molar-refractivity contribution in [3.05, 3.63) is 24.8 Å². The van der Waals surface area contributed by atoms with Crippen LogP contribution in [0.3, 0.4) is 0 Å². The van der Waals surface area contributed by atoms with Crippen LogP contribution >= 0.6 is 0 Å². The van der Waals surface area contributed by atoms with Crippen LogP contribution in [0.5, 0.6) is 5.75 Å². The van der Waals surface area contributed by atoms with Gasteiger partial charge < -0.3 is 25.0 Å². The van der Waals surface area contributed by atoms with Gasteiger partial charge in [-0.15, -0.1) is 0 Å². The fourth-order valence-corrected chi connectivity index (χ4v) is 3.55. The van der Waals surface area contributed by atoms with Crippen LogP contribution in [0.2, 0.25) is 0 Å². The first-order valence-corrected chi connectivity index (χ1v) is 10.2. The highest BCUT2D eigenvalue weighted by Gasteiger charge is 2.48. The Hall–Kier alpha value is -3.39. The average molecular weight is 459 g/mol. The molecule has 176 valence electrons. The van der Waals surface area contributed by atoms with E-state index in [9.17, 15) is 15.0 Å². The third kappa shape index (κ3) is 4.30. The minimum absolute atomic E-state index is 0.0320. The Morgan fingerprint density at radius 3 is 2.73 bits per heavy atom. The maximum absolute atomic E-state index is 12.1. The van der Waals surface area contributed by atoms with E-state index < -0.39 is 30.4 Å². The summed E-state index contributed by atoms with van der Waals surface area (Å²) in [7, 11) is 2.95. The van der Waals surface area contributed by atoms with Gasteiger partial charge in [-0.25, -0.2) is 20.4 Å². The second kappa shape index (κ2) is 9.23. The summed E-state index contributed by atoms with van der Waals surface area (Å²) in [6.07, 6.45) is -0.809. The number of hydroxylamine groups is 1. The van der Waals surface area contributed by atoms with Gasteiger partial charge in [0.15, 0.2) is 35.1 Å². The smallest absolute Gasteiger partial charge is 0.275 e. The van der Waals surface area contributed by atoms with E-state index in [2.05, 4.69) is 35.6 Å². The number of pyridine rings is 1. The zero-order chi connectivity index (χ0) is 23.7. The van der Waals surface area contributed by atoms with E-state index in [0.29, 0.717) is 34.1 Å². The number of carbonyl (C=O) groups is 1. The zero-order valence-electron chi connectivity index (χ0n) is 18.5. The lowest BCUT2D eigenvalue weighted by Crippen LogP contribution is -2.42. The third-order valence-electron chi connectivity index (χ3n) is 4.97. The van der Waals surface area contributed by atoms with E-state index in [-0.39, 0.29) is 6.10 Å². The van der Waals surface area contributed by atoms with Crippen molar-refractivity contribution in [1.29, 1.82) is 0 Å². The summed E-state index contributed by atoms with van der Waals surface area (Å²) in [6.45, 7) is 3.82. The summed E-state index contributed by atoms with van der Waals surface area (Å²) >= 11 is 0. The number of fused-ring (bicyclic) bond motifs is 1. The molecule has 3 aromatic rings. The summed E-state index contributed by atoms with van der Waals surface area (Å²) < 4.78 is 12.8. The molecule has 4 rings (SSSR count). The molecular formula is C20H25N7O6. The van der Waals surface area contributed by atoms with Gasteiger partial charge in [0.1, 0.15) is 18.0 Å². The van der Waals surface area contributed by atoms with Crippen LogP contribution in [-0.4, -0.2) is 79.2 Å². The number of hydrogen-bond donors (Lipinski definition) is 4. The van der Waals surface area contributed by atoms with E-state index in [4.69, 9.17) is 9.47 Å². The second-order valence-corrected chi connectivity index (χ2v) is 7.64. The molecular weight excluding hydrogens is 434 g/mol. The number of hydrogen-bond acceptors (Lipinski definition) is 11. The van der Waals surface area contributed by atoms with Crippen LogP contribution < -0.4 is 15.5 Å². The minimum atomic E-state index is -1.48. The molecule has 0 aromatic carbocycles. The first kappa shape index (κ1) is 22.8. The molecule has 0 bridgehead atoms. The maximum Gasteiger partial charge on any atom is 0.275 e. The fraction of sp³-hybridized carbons (Fsp3) is 0.450. The van der Waals surface area contributed by atoms with E-state index in [1.807, 2.05) is 13.8 Å². The molecule has 0 saturated carbocycles. The predicted molar refractivity (Wildman–Crippen MR) is 115 cm³/mol. The molecule has 1 aliphatic rings. The van der Waals surface area contributed by atoms with E-state index >= 15 is 0 Å². The molecule has 0 spiro atoms. The summed E-state index contributed by atoms with van der Waals surface area (Å²) in [5, 5.41) is 23.9. The number of anilines is 1. The Morgan fingerprint density at radius 1 is 1.24 bits per heavy atom. The van der Waals surface area contributed by atoms with Gasteiger partial charge in [0, 0.05) is 18.8 Å². The van der Waals surface area contributed by atoms with Crippen molar-refractivity contribution >= 4 is 22.9 Å². The molecule has 1 fully saturated rings. The maximum atomic E-state index is 12.1.